The Kier molecular flexibility index (Phi) is 4.80. The van der Waals surface area contributed by atoms with Crippen molar-refractivity contribution < 1.29 is 0 Å². The molecular formula is C24H20N6S. The van der Waals surface area contributed by atoms with Crippen molar-refractivity contribution in [1.82, 2.24) is 30.1 Å². The minimum Gasteiger partial charge on any atom is -0.335 e. The summed E-state index contributed by atoms with van der Waals surface area (Å²) in [6, 6.07) is 10.2. The number of pyridine rings is 2. The van der Waals surface area contributed by atoms with Crippen LogP contribution in [0.2, 0.25) is 0 Å². The first kappa shape index (κ1) is 19.1. The lowest BCUT2D eigenvalue weighted by Crippen LogP contribution is -1.89. The predicted molar refractivity (Wildman–Crippen MR) is 128 cm³/mol. The molecule has 31 heavy (non-hydrogen) atoms. The van der Waals surface area contributed by atoms with Crippen LogP contribution in [0.1, 0.15) is 17.5 Å². The Labute approximate surface area is 183 Å². The van der Waals surface area contributed by atoms with Gasteiger partial charge in [0.05, 0.1) is 16.7 Å². The summed E-state index contributed by atoms with van der Waals surface area (Å²) < 4.78 is 0. The third kappa shape index (κ3) is 3.39. The second kappa shape index (κ2) is 7.77. The first-order valence-electron chi connectivity index (χ1n) is 9.90. The summed E-state index contributed by atoms with van der Waals surface area (Å²) in [7, 11) is 0. The van der Waals surface area contributed by atoms with Gasteiger partial charge < -0.3 is 4.98 Å². The topological polar surface area (TPSA) is 83.1 Å². The summed E-state index contributed by atoms with van der Waals surface area (Å²) in [5.74, 6) is 0.641. The lowest BCUT2D eigenvalue weighted by Gasteiger charge is -2.01. The van der Waals surface area contributed by atoms with E-state index in [1.165, 1.54) is 9.75 Å². The van der Waals surface area contributed by atoms with E-state index in [1.807, 2.05) is 43.4 Å². The number of hydrogen-bond acceptors (Lipinski definition) is 5. The van der Waals surface area contributed by atoms with Gasteiger partial charge in [-0.05, 0) is 49.8 Å². The standard InChI is InChI=1S/C24H20N6S/c1-4-6-7-15(5-2)17-9-10-18-21(26-17)22(30-29-18)24-27-20-16(12-13-25-23(20)28-24)19-11-8-14(3)31-19/h4-13H,1H2,2-3H3,(H,29,30)(H,25,27,28)/b7-6-,15-5+. The number of hydrogen-bond donors (Lipinski definition) is 2. The first-order chi connectivity index (χ1) is 15.2. The first-order valence-corrected chi connectivity index (χ1v) is 10.7. The van der Waals surface area contributed by atoms with Crippen LogP contribution in [-0.2, 0) is 0 Å². The molecule has 0 aliphatic heterocycles. The van der Waals surface area contributed by atoms with Gasteiger partial charge in [0.25, 0.3) is 0 Å². The van der Waals surface area contributed by atoms with Crippen molar-refractivity contribution in [2.75, 3.05) is 0 Å². The van der Waals surface area contributed by atoms with E-state index in [0.29, 0.717) is 17.2 Å². The quantitative estimate of drug-likeness (QED) is 0.335. The summed E-state index contributed by atoms with van der Waals surface area (Å²) in [6.07, 6.45) is 9.45. The highest BCUT2D eigenvalue weighted by molar-refractivity contribution is 7.15. The molecule has 5 heterocycles. The molecule has 0 unspecified atom stereocenters. The van der Waals surface area contributed by atoms with Crippen LogP contribution in [0.3, 0.4) is 0 Å². The Balaban J connectivity index is 1.65. The van der Waals surface area contributed by atoms with Crippen LogP contribution >= 0.6 is 11.3 Å². The van der Waals surface area contributed by atoms with Crippen molar-refractivity contribution >= 4 is 39.1 Å². The summed E-state index contributed by atoms with van der Waals surface area (Å²) in [4.78, 5) is 19.9. The molecule has 0 fully saturated rings. The molecule has 2 N–H and O–H groups in total. The highest BCUT2D eigenvalue weighted by atomic mass is 32.1. The molecule has 6 nitrogen and oxygen atoms in total. The Morgan fingerprint density at radius 1 is 1.13 bits per heavy atom. The molecular weight excluding hydrogens is 404 g/mol. The number of nitrogens with zero attached hydrogens (tertiary/aromatic N) is 4. The smallest absolute Gasteiger partial charge is 0.178 e. The van der Waals surface area contributed by atoms with E-state index in [0.717, 1.165) is 33.4 Å². The number of H-pyrrole nitrogens is 2. The Bertz CT molecular complexity index is 1480. The van der Waals surface area contributed by atoms with Crippen LogP contribution < -0.4 is 0 Å². The van der Waals surface area contributed by atoms with Crippen molar-refractivity contribution in [3.05, 3.63) is 78.0 Å². The minimum atomic E-state index is 0.641. The van der Waals surface area contributed by atoms with Gasteiger partial charge in [-0.15, -0.1) is 11.3 Å². The van der Waals surface area contributed by atoms with Gasteiger partial charge in [-0.1, -0.05) is 30.9 Å². The third-order valence-corrected chi connectivity index (χ3v) is 6.08. The van der Waals surface area contributed by atoms with Gasteiger partial charge in [0.2, 0.25) is 0 Å². The van der Waals surface area contributed by atoms with Crippen molar-refractivity contribution in [2.45, 2.75) is 13.8 Å². The molecule has 0 atom stereocenters. The molecule has 0 bridgehead atoms. The number of nitrogens with one attached hydrogen (secondary N) is 2. The molecule has 0 aromatic carbocycles. The number of allylic oxidation sites excluding steroid dienone is 5. The molecule has 5 aromatic rings. The Hall–Kier alpha value is -3.84. The molecule has 0 aliphatic carbocycles. The summed E-state index contributed by atoms with van der Waals surface area (Å²) in [5.41, 5.74) is 6.80. The van der Waals surface area contributed by atoms with E-state index in [2.05, 4.69) is 45.8 Å². The molecule has 7 heteroatoms. The average Bonchev–Trinajstić information content (AvgIpc) is 3.51. The number of aromatic nitrogens is 6. The van der Waals surface area contributed by atoms with E-state index in [9.17, 15) is 0 Å². The monoisotopic (exact) mass is 424 g/mol. The largest absolute Gasteiger partial charge is 0.335 e. The number of thiophene rings is 1. The molecule has 152 valence electrons. The summed E-state index contributed by atoms with van der Waals surface area (Å²) in [5, 5.41) is 7.56. The SMILES string of the molecule is C=C/C=C\C(=C/C)c1ccc2[nH]nc(-c3nc4nccc(-c5ccc(C)s5)c4[nH]3)c2n1. The molecule has 5 rings (SSSR count). The predicted octanol–water partition coefficient (Wildman–Crippen LogP) is 6.08. The van der Waals surface area contributed by atoms with Gasteiger partial charge in [0.15, 0.2) is 17.2 Å². The minimum absolute atomic E-state index is 0.641. The van der Waals surface area contributed by atoms with Crippen LogP contribution in [0.4, 0.5) is 0 Å². The fraction of sp³-hybridized carbons (Fsp3) is 0.0833. The fourth-order valence-electron chi connectivity index (χ4n) is 3.53. The maximum atomic E-state index is 4.86. The number of rotatable bonds is 5. The van der Waals surface area contributed by atoms with Gasteiger partial charge in [-0.2, -0.15) is 5.10 Å². The van der Waals surface area contributed by atoms with Crippen LogP contribution in [0.25, 0.3) is 49.7 Å². The molecule has 0 saturated carbocycles. The van der Waals surface area contributed by atoms with Gasteiger partial charge in [-0.25, -0.2) is 15.0 Å². The van der Waals surface area contributed by atoms with Gasteiger partial charge in [-0.3, -0.25) is 5.10 Å². The fourth-order valence-corrected chi connectivity index (χ4v) is 4.43. The molecule has 0 amide bonds. The van der Waals surface area contributed by atoms with Crippen molar-refractivity contribution in [3.63, 3.8) is 0 Å². The van der Waals surface area contributed by atoms with E-state index in [1.54, 1.807) is 23.6 Å². The number of fused-ring (bicyclic) bond motifs is 2. The van der Waals surface area contributed by atoms with Crippen LogP contribution in [0.5, 0.6) is 0 Å². The van der Waals surface area contributed by atoms with Crippen LogP contribution in [0, 0.1) is 6.92 Å². The lowest BCUT2D eigenvalue weighted by molar-refractivity contribution is 1.10. The van der Waals surface area contributed by atoms with E-state index in [-0.39, 0.29) is 0 Å². The van der Waals surface area contributed by atoms with Gasteiger partial charge in [0, 0.05) is 21.5 Å². The Morgan fingerprint density at radius 2 is 2.03 bits per heavy atom. The average molecular weight is 425 g/mol. The highest BCUT2D eigenvalue weighted by Crippen LogP contribution is 2.33. The van der Waals surface area contributed by atoms with Gasteiger partial charge >= 0.3 is 0 Å². The number of aromatic amines is 2. The normalized spacial score (nSPS) is 12.4. The maximum absolute atomic E-state index is 4.86. The zero-order chi connectivity index (χ0) is 21.4. The zero-order valence-corrected chi connectivity index (χ0v) is 18.0. The number of imidazole rings is 1. The summed E-state index contributed by atoms with van der Waals surface area (Å²) in [6.45, 7) is 7.83. The zero-order valence-electron chi connectivity index (χ0n) is 17.2. The second-order valence-electron chi connectivity index (χ2n) is 7.06. The Morgan fingerprint density at radius 3 is 2.81 bits per heavy atom. The maximum Gasteiger partial charge on any atom is 0.178 e. The van der Waals surface area contributed by atoms with Crippen LogP contribution in [-0.4, -0.2) is 30.1 Å². The third-order valence-electron chi connectivity index (χ3n) is 5.05. The van der Waals surface area contributed by atoms with E-state index >= 15 is 0 Å². The highest BCUT2D eigenvalue weighted by Gasteiger charge is 2.17. The van der Waals surface area contributed by atoms with Crippen molar-refractivity contribution in [2.24, 2.45) is 0 Å². The molecule has 0 radical (unpaired) electrons. The van der Waals surface area contributed by atoms with Crippen molar-refractivity contribution in [1.29, 1.82) is 0 Å². The molecule has 0 saturated heterocycles. The lowest BCUT2D eigenvalue weighted by atomic mass is 10.1. The molecule has 5 aromatic heterocycles. The van der Waals surface area contributed by atoms with Gasteiger partial charge in [0.1, 0.15) is 5.52 Å². The van der Waals surface area contributed by atoms with E-state index < -0.39 is 0 Å². The number of aryl methyl sites for hydroxylation is 1. The second-order valence-corrected chi connectivity index (χ2v) is 8.34. The molecule has 0 spiro atoms. The summed E-state index contributed by atoms with van der Waals surface area (Å²) >= 11 is 1.75. The van der Waals surface area contributed by atoms with Crippen molar-refractivity contribution in [3.8, 4) is 22.0 Å². The van der Waals surface area contributed by atoms with Crippen LogP contribution in [0.15, 0.2) is 67.4 Å². The van der Waals surface area contributed by atoms with E-state index in [4.69, 9.17) is 9.97 Å². The molecule has 0 aliphatic rings.